The molecule has 0 fully saturated rings. The minimum atomic E-state index is -0.969. The molecule has 2 unspecified atom stereocenters. The second-order valence-electron chi connectivity index (χ2n) is 3.23. The molecule has 0 spiro atoms. The van der Waals surface area contributed by atoms with Gasteiger partial charge in [0.2, 0.25) is 0 Å². The number of aromatic nitrogens is 1. The van der Waals surface area contributed by atoms with Crippen molar-refractivity contribution in [2.75, 3.05) is 13.6 Å². The van der Waals surface area contributed by atoms with Gasteiger partial charge >= 0.3 is 0 Å². The molecule has 0 aliphatic carbocycles. The highest BCUT2D eigenvalue weighted by atomic mass is 32.1. The number of aliphatic hydroxyl groups is 3. The molecule has 0 saturated heterocycles. The normalized spacial score (nSPS) is 15.2. The van der Waals surface area contributed by atoms with E-state index in [0.29, 0.717) is 22.9 Å². The van der Waals surface area contributed by atoms with Crippen molar-refractivity contribution in [3.63, 3.8) is 0 Å². The Hall–Kier alpha value is -0.530. The average Bonchev–Trinajstić information content (AvgIpc) is 2.73. The summed E-state index contributed by atoms with van der Waals surface area (Å²) in [7, 11) is 1.78. The molecule has 4 N–H and O–H groups in total. The lowest BCUT2D eigenvalue weighted by atomic mass is 10.1. The highest BCUT2D eigenvalue weighted by Crippen LogP contribution is 2.23. The number of aliphatic hydroxyl groups excluding tert-OH is 3. The van der Waals surface area contributed by atoms with Crippen molar-refractivity contribution < 1.29 is 15.3 Å². The molecule has 86 valence electrons. The fraction of sp³-hybridized carbons (Fsp3) is 0.667. The summed E-state index contributed by atoms with van der Waals surface area (Å²) in [4.78, 5) is 4.63. The Bertz CT molecular complexity index is 293. The highest BCUT2D eigenvalue weighted by Gasteiger charge is 2.20. The summed E-state index contributed by atoms with van der Waals surface area (Å²) in [5, 5.41) is 31.5. The Morgan fingerprint density at radius 3 is 2.80 bits per heavy atom. The molecule has 0 bridgehead atoms. The third-order valence-electron chi connectivity index (χ3n) is 2.03. The molecule has 1 aromatic rings. The minimum absolute atomic E-state index is 0.0863. The molecular weight excluding hydrogens is 216 g/mol. The van der Waals surface area contributed by atoms with Gasteiger partial charge in [-0.1, -0.05) is 0 Å². The van der Waals surface area contributed by atoms with Gasteiger partial charge in [-0.2, -0.15) is 0 Å². The summed E-state index contributed by atoms with van der Waals surface area (Å²) in [6.07, 6.45) is 0.179. The van der Waals surface area contributed by atoms with Crippen LogP contribution in [0, 0.1) is 0 Å². The predicted octanol–water partition coefficient (Wildman–Crippen LogP) is -0.361. The average molecular weight is 232 g/mol. The van der Waals surface area contributed by atoms with Crippen molar-refractivity contribution in [1.29, 1.82) is 0 Å². The summed E-state index contributed by atoms with van der Waals surface area (Å²) in [6, 6.07) is 0. The Kier molecular flexibility index (Phi) is 5.13. The van der Waals surface area contributed by atoms with Crippen molar-refractivity contribution >= 4 is 11.3 Å². The van der Waals surface area contributed by atoms with Crippen LogP contribution in [-0.4, -0.2) is 40.0 Å². The lowest BCUT2D eigenvalue weighted by molar-refractivity contribution is 0.0139. The number of hydrogen-bond acceptors (Lipinski definition) is 6. The topological polar surface area (TPSA) is 85.6 Å². The van der Waals surface area contributed by atoms with Crippen molar-refractivity contribution in [2.45, 2.75) is 25.2 Å². The quantitative estimate of drug-likeness (QED) is 0.538. The third-order valence-corrected chi connectivity index (χ3v) is 3.09. The first-order valence-corrected chi connectivity index (χ1v) is 5.57. The summed E-state index contributed by atoms with van der Waals surface area (Å²) in [5.41, 5.74) is 0. The first-order valence-electron chi connectivity index (χ1n) is 4.75. The number of nitrogens with zero attached hydrogens (tertiary/aromatic N) is 1. The molecular formula is C9H16N2O3S. The van der Waals surface area contributed by atoms with Gasteiger partial charge in [0.1, 0.15) is 11.1 Å². The van der Waals surface area contributed by atoms with Crippen molar-refractivity contribution in [3.05, 3.63) is 16.1 Å². The fourth-order valence-electron chi connectivity index (χ4n) is 1.15. The van der Waals surface area contributed by atoms with E-state index in [1.807, 2.05) is 0 Å². The van der Waals surface area contributed by atoms with Gasteiger partial charge in [0.05, 0.1) is 17.6 Å². The minimum Gasteiger partial charge on any atom is -0.391 e. The first kappa shape index (κ1) is 12.5. The molecule has 6 heteroatoms. The zero-order valence-electron chi connectivity index (χ0n) is 8.55. The van der Waals surface area contributed by atoms with E-state index in [-0.39, 0.29) is 6.61 Å². The molecule has 1 aromatic heterocycles. The Morgan fingerprint density at radius 1 is 1.53 bits per heavy atom. The van der Waals surface area contributed by atoms with Crippen molar-refractivity contribution in [1.82, 2.24) is 10.3 Å². The van der Waals surface area contributed by atoms with E-state index in [9.17, 15) is 10.2 Å². The Labute approximate surface area is 92.4 Å². The van der Waals surface area contributed by atoms with E-state index in [4.69, 9.17) is 5.11 Å². The maximum Gasteiger partial charge on any atom is 0.131 e. The van der Waals surface area contributed by atoms with Crippen molar-refractivity contribution in [2.24, 2.45) is 0 Å². The van der Waals surface area contributed by atoms with Gasteiger partial charge in [-0.05, 0) is 20.0 Å². The molecule has 0 radical (unpaired) electrons. The highest BCUT2D eigenvalue weighted by molar-refractivity contribution is 7.11. The number of rotatable bonds is 6. The van der Waals surface area contributed by atoms with Crippen molar-refractivity contribution in [3.8, 4) is 0 Å². The molecule has 1 rings (SSSR count). The first-order chi connectivity index (χ1) is 7.19. The van der Waals surface area contributed by atoms with E-state index in [0.717, 1.165) is 0 Å². The summed E-state index contributed by atoms with van der Waals surface area (Å²) >= 11 is 1.21. The summed E-state index contributed by atoms with van der Waals surface area (Å²) in [5.74, 6) is 0. The number of thiazole rings is 1. The summed E-state index contributed by atoms with van der Waals surface area (Å²) < 4.78 is 0. The van der Waals surface area contributed by atoms with E-state index < -0.39 is 12.2 Å². The second-order valence-corrected chi connectivity index (χ2v) is 4.37. The van der Waals surface area contributed by atoms with Gasteiger partial charge in [0.25, 0.3) is 0 Å². The van der Waals surface area contributed by atoms with Gasteiger partial charge in [-0.25, -0.2) is 4.98 Å². The fourth-order valence-corrected chi connectivity index (χ4v) is 1.97. The van der Waals surface area contributed by atoms with Crippen LogP contribution in [0.2, 0.25) is 0 Å². The van der Waals surface area contributed by atoms with Crippen LogP contribution in [0.3, 0.4) is 0 Å². The number of nitrogens with one attached hydrogen (secondary N) is 1. The Balaban J connectivity index is 2.54. The van der Waals surface area contributed by atoms with E-state index in [1.54, 1.807) is 7.05 Å². The summed E-state index contributed by atoms with van der Waals surface area (Å²) in [6.45, 7) is 0.549. The van der Waals surface area contributed by atoms with Crippen LogP contribution in [0.5, 0.6) is 0 Å². The second kappa shape index (κ2) is 6.14. The third kappa shape index (κ3) is 3.51. The van der Waals surface area contributed by atoms with Crippen LogP contribution in [-0.2, 0) is 6.61 Å². The lowest BCUT2D eigenvalue weighted by Crippen LogP contribution is -2.23. The zero-order chi connectivity index (χ0) is 11.3. The van der Waals surface area contributed by atoms with Crippen LogP contribution in [0.15, 0.2) is 6.20 Å². The van der Waals surface area contributed by atoms with Gasteiger partial charge in [-0.15, -0.1) is 11.3 Å². The van der Waals surface area contributed by atoms with Crippen LogP contribution >= 0.6 is 11.3 Å². The lowest BCUT2D eigenvalue weighted by Gasteiger charge is -2.15. The van der Waals surface area contributed by atoms with Crippen LogP contribution in [0.4, 0.5) is 0 Å². The molecule has 0 amide bonds. The number of hydrogen-bond donors (Lipinski definition) is 4. The van der Waals surface area contributed by atoms with Gasteiger partial charge < -0.3 is 20.6 Å². The molecule has 0 aliphatic rings. The molecule has 0 aliphatic heterocycles. The van der Waals surface area contributed by atoms with Gasteiger partial charge in [0, 0.05) is 6.20 Å². The maximum absolute atomic E-state index is 9.71. The maximum atomic E-state index is 9.71. The standard InChI is InChI=1S/C9H16N2O3S/c1-10-3-2-7(13)8(14)9-11-4-6(5-12)15-9/h4,7-8,10,12-14H,2-3,5H2,1H3. The molecule has 0 aromatic carbocycles. The molecule has 5 nitrogen and oxygen atoms in total. The molecule has 0 saturated carbocycles. The monoisotopic (exact) mass is 232 g/mol. The largest absolute Gasteiger partial charge is 0.391 e. The Morgan fingerprint density at radius 2 is 2.27 bits per heavy atom. The van der Waals surface area contributed by atoms with E-state index in [1.165, 1.54) is 17.5 Å². The van der Waals surface area contributed by atoms with Gasteiger partial charge in [-0.3, -0.25) is 0 Å². The predicted molar refractivity (Wildman–Crippen MR) is 57.5 cm³/mol. The van der Waals surface area contributed by atoms with E-state index >= 15 is 0 Å². The SMILES string of the molecule is CNCCC(O)C(O)c1ncc(CO)s1. The van der Waals surface area contributed by atoms with Gasteiger partial charge in [0.15, 0.2) is 0 Å². The zero-order valence-corrected chi connectivity index (χ0v) is 9.37. The molecule has 2 atom stereocenters. The van der Waals surface area contributed by atoms with Crippen LogP contribution < -0.4 is 5.32 Å². The molecule has 1 heterocycles. The smallest absolute Gasteiger partial charge is 0.131 e. The van der Waals surface area contributed by atoms with Crippen LogP contribution in [0.1, 0.15) is 22.4 Å². The van der Waals surface area contributed by atoms with Crippen LogP contribution in [0.25, 0.3) is 0 Å². The van der Waals surface area contributed by atoms with E-state index in [2.05, 4.69) is 10.3 Å². The molecule has 15 heavy (non-hydrogen) atoms.